The Morgan fingerprint density at radius 2 is 0.432 bits per heavy atom. The molecule has 30 nitrogen and oxygen atoms in total. The van der Waals surface area contributed by atoms with Crippen LogP contribution in [0.2, 0.25) is 0 Å². The minimum atomic E-state index is -6.55. The molecule has 1 fully saturated rings. The molecule has 44 heavy (non-hydrogen) atoms. The number of hydrogen-bond donors (Lipinski definition) is 14. The highest BCUT2D eigenvalue weighted by Gasteiger charge is 2.63. The summed E-state index contributed by atoms with van der Waals surface area (Å²) in [5.74, 6) is 0. The molecule has 1 aliphatic rings. The van der Waals surface area contributed by atoms with E-state index in [2.05, 4.69) is 35.8 Å². The van der Waals surface area contributed by atoms with Crippen molar-refractivity contribution in [3.8, 4) is 0 Å². The summed E-state index contributed by atoms with van der Waals surface area (Å²) in [4.78, 5) is 129. The molecule has 0 heterocycles. The average Bonchev–Trinajstić information content (AvgIpc) is 2.62. The topological polar surface area (TPSA) is 494 Å². The molecule has 1 rings (SSSR count). The number of phosphoric acid groups is 8. The summed E-state index contributed by atoms with van der Waals surface area (Å²) in [6.45, 7) is 0. The second kappa shape index (κ2) is 14.4. The molecule has 0 saturated heterocycles. The van der Waals surface area contributed by atoms with Crippen molar-refractivity contribution in [3.05, 3.63) is 0 Å². The Morgan fingerprint density at radius 3 is 0.568 bits per heavy atom. The third-order valence-corrected chi connectivity index (χ3v) is 10.4. The lowest BCUT2D eigenvalue weighted by Crippen LogP contribution is -2.66. The van der Waals surface area contributed by atoms with Gasteiger partial charge < -0.3 is 68.5 Å². The van der Waals surface area contributed by atoms with Gasteiger partial charge in [-0.25, -0.2) is 36.5 Å². The summed E-state index contributed by atoms with van der Waals surface area (Å²) in [5, 5.41) is 0. The van der Waals surface area contributed by atoms with Crippen LogP contribution in [0.25, 0.3) is 0 Å². The van der Waals surface area contributed by atoms with Crippen LogP contribution in [0.4, 0.5) is 0 Å². The van der Waals surface area contributed by atoms with Gasteiger partial charge in [0, 0.05) is 0 Å². The van der Waals surface area contributed by atoms with Gasteiger partial charge in [-0.15, -0.1) is 0 Å². The van der Waals surface area contributed by atoms with Gasteiger partial charge >= 0.3 is 62.6 Å². The summed E-state index contributed by atoms with van der Waals surface area (Å²) >= 11 is 0. The van der Waals surface area contributed by atoms with Crippen LogP contribution in [0.15, 0.2) is 0 Å². The van der Waals surface area contributed by atoms with Gasteiger partial charge in [-0.2, -0.15) is 8.62 Å². The first-order valence-electron chi connectivity index (χ1n) is 9.50. The highest BCUT2D eigenvalue weighted by Crippen LogP contribution is 2.64. The van der Waals surface area contributed by atoms with Crippen molar-refractivity contribution in [1.82, 2.24) is 0 Å². The Balaban J connectivity index is 4.23. The van der Waals surface area contributed by atoms with Crippen LogP contribution in [0.1, 0.15) is 0 Å². The summed E-state index contributed by atoms with van der Waals surface area (Å²) in [5.41, 5.74) is 0. The van der Waals surface area contributed by atoms with Crippen LogP contribution in [0.3, 0.4) is 0 Å². The maximum Gasteiger partial charge on any atom is 0.481 e. The van der Waals surface area contributed by atoms with Gasteiger partial charge in [0.2, 0.25) is 0 Å². The molecule has 0 bridgehead atoms. The summed E-state index contributed by atoms with van der Waals surface area (Å²) in [6, 6.07) is 0. The third kappa shape index (κ3) is 16.9. The fourth-order valence-corrected chi connectivity index (χ4v) is 8.87. The summed E-state index contributed by atoms with van der Waals surface area (Å²) in [7, 11) is -50.6. The molecule has 264 valence electrons. The zero-order valence-electron chi connectivity index (χ0n) is 19.8. The van der Waals surface area contributed by atoms with Gasteiger partial charge in [0.1, 0.15) is 36.6 Å². The maximum atomic E-state index is 12.3. The van der Waals surface area contributed by atoms with E-state index < -0.39 is 99.2 Å². The first-order valence-corrected chi connectivity index (χ1v) is 21.7. The van der Waals surface area contributed by atoms with E-state index in [1.165, 1.54) is 0 Å². The predicted molar refractivity (Wildman–Crippen MR) is 123 cm³/mol. The highest BCUT2D eigenvalue weighted by atomic mass is 31.3. The maximum absolute atomic E-state index is 12.3. The number of hydrogen-bond acceptors (Lipinski definition) is 16. The molecule has 0 aromatic rings. The molecule has 0 radical (unpaired) electrons. The van der Waals surface area contributed by atoms with Crippen molar-refractivity contribution in [3.63, 3.8) is 0 Å². The van der Waals surface area contributed by atoms with Crippen molar-refractivity contribution in [2.75, 3.05) is 0 Å². The monoisotopic (exact) mass is 820 g/mol. The smallest absolute Gasteiger partial charge is 0.303 e. The van der Waals surface area contributed by atoms with Gasteiger partial charge in [-0.3, -0.25) is 27.1 Å². The van der Waals surface area contributed by atoms with Crippen LogP contribution in [-0.4, -0.2) is 105 Å². The van der Waals surface area contributed by atoms with E-state index in [1.54, 1.807) is 0 Å². The zero-order valence-corrected chi connectivity index (χ0v) is 27.0. The van der Waals surface area contributed by atoms with E-state index in [1.807, 2.05) is 0 Å². The van der Waals surface area contributed by atoms with E-state index in [0.717, 1.165) is 0 Å². The molecule has 0 aliphatic heterocycles. The molecule has 0 aromatic heterocycles. The molecular formula is C6H20O30P8. The molecule has 0 spiro atoms. The second-order valence-electron chi connectivity index (χ2n) is 7.46. The van der Waals surface area contributed by atoms with Gasteiger partial charge in [0.15, 0.2) is 0 Å². The molecule has 0 amide bonds. The van der Waals surface area contributed by atoms with E-state index in [9.17, 15) is 85.5 Å². The van der Waals surface area contributed by atoms with Crippen LogP contribution in [0.5, 0.6) is 0 Å². The Labute approximate surface area is 240 Å². The molecular weight excluding hydrogens is 800 g/mol. The summed E-state index contributed by atoms with van der Waals surface area (Å²) in [6.07, 6.45) is -21.0. The van der Waals surface area contributed by atoms with Crippen molar-refractivity contribution in [2.45, 2.75) is 36.6 Å². The van der Waals surface area contributed by atoms with Gasteiger partial charge in [-0.1, -0.05) is 0 Å². The Morgan fingerprint density at radius 1 is 0.273 bits per heavy atom. The summed E-state index contributed by atoms with van der Waals surface area (Å²) < 4.78 is 125. The Bertz CT molecular complexity index is 1310. The highest BCUT2D eigenvalue weighted by molar-refractivity contribution is 7.61. The zero-order chi connectivity index (χ0) is 35.1. The first-order chi connectivity index (χ1) is 19.0. The first kappa shape index (κ1) is 43.0. The average molecular weight is 820 g/mol. The number of rotatable bonds is 16. The van der Waals surface area contributed by atoms with Crippen LogP contribution >= 0.6 is 62.6 Å². The second-order valence-corrected chi connectivity index (χ2v) is 17.8. The fraction of sp³-hybridized carbons (Fsp3) is 1.00. The minimum absolute atomic E-state index is 3.36. The number of phosphoric ester groups is 6. The van der Waals surface area contributed by atoms with E-state index in [4.69, 9.17) is 19.6 Å². The van der Waals surface area contributed by atoms with Gasteiger partial charge in [-0.05, 0) is 0 Å². The van der Waals surface area contributed by atoms with E-state index in [-0.39, 0.29) is 0 Å². The molecule has 0 aromatic carbocycles. The minimum Gasteiger partial charge on any atom is -0.303 e. The lowest BCUT2D eigenvalue weighted by molar-refractivity contribution is -0.201. The van der Waals surface area contributed by atoms with Crippen LogP contribution in [-0.2, 0) is 72.3 Å². The van der Waals surface area contributed by atoms with Crippen molar-refractivity contribution < 1.29 is 141 Å². The van der Waals surface area contributed by atoms with Crippen molar-refractivity contribution >= 4 is 62.6 Å². The lowest BCUT2D eigenvalue weighted by Gasteiger charge is -2.48. The standard InChI is InChI=1S/C6H20O30P8/c7-37(8,9)29-1-2(30-38(10,11)12)5(33-43(25,26)35-41(19,20)21)4(32-40(16,17)18)6(3(1)31-39(13,14)15)34-44(27,28)36-42(22,23)24/h1-6H,(H,25,26)(H,27,28)(H2,7,8,9)(H2,10,11,12)(H2,13,14,15)(H2,16,17,18)(H2,19,20,21)(H2,22,23,24)/t1?,2-,3-,4?,5-,6+/m0/s1. The van der Waals surface area contributed by atoms with Crippen molar-refractivity contribution in [2.24, 2.45) is 0 Å². The van der Waals surface area contributed by atoms with Gasteiger partial charge in [0.25, 0.3) is 0 Å². The predicted octanol–water partition coefficient (Wildman–Crippen LogP) is -2.90. The molecule has 14 N–H and O–H groups in total. The van der Waals surface area contributed by atoms with Gasteiger partial charge in [0.05, 0.1) is 0 Å². The van der Waals surface area contributed by atoms with Crippen LogP contribution < -0.4 is 0 Å². The third-order valence-electron chi connectivity index (χ3n) is 3.91. The largest absolute Gasteiger partial charge is 0.481 e. The molecule has 1 aliphatic carbocycles. The lowest BCUT2D eigenvalue weighted by atomic mass is 9.85. The van der Waals surface area contributed by atoms with E-state index >= 15 is 0 Å². The van der Waals surface area contributed by atoms with E-state index in [0.29, 0.717) is 0 Å². The molecule has 8 atom stereocenters. The SMILES string of the molecule is O=P(O)(O)OC1[C@@H](OP(=O)(O)OP(=O)(O)O)[C@@H](OP(=O)(O)O)C(OP(=O)(O)O)[C@H](OP(=O)(O)O)[C@H]1OP(=O)(O)OP(=O)(O)O. The Hall–Kier alpha value is 0.960. The molecule has 4 unspecified atom stereocenters. The Kier molecular flexibility index (Phi) is 14.1. The normalized spacial score (nSPS) is 29.1. The van der Waals surface area contributed by atoms with Crippen LogP contribution in [0, 0.1) is 0 Å². The fourth-order valence-electron chi connectivity index (χ4n) is 3.09. The molecule has 1 saturated carbocycles. The quantitative estimate of drug-likeness (QED) is 0.0694. The molecule has 38 heteroatoms. The van der Waals surface area contributed by atoms with Crippen molar-refractivity contribution in [1.29, 1.82) is 0 Å².